The predicted octanol–water partition coefficient (Wildman–Crippen LogP) is 2.34. The third-order valence-corrected chi connectivity index (χ3v) is 6.67. The molecule has 3 aromatic heterocycles. The Bertz CT molecular complexity index is 1100. The molecule has 1 saturated carbocycles. The number of nitrogens with zero attached hydrogens (tertiary/aromatic N) is 4. The van der Waals surface area contributed by atoms with E-state index in [4.69, 9.17) is 0 Å². The normalized spacial score (nSPS) is 21.8. The summed E-state index contributed by atoms with van der Waals surface area (Å²) in [5.74, 6) is 0.293. The van der Waals surface area contributed by atoms with Gasteiger partial charge in [-0.15, -0.1) is 0 Å². The van der Waals surface area contributed by atoms with Crippen molar-refractivity contribution in [3.05, 3.63) is 48.4 Å². The molecule has 1 saturated heterocycles. The van der Waals surface area contributed by atoms with Crippen molar-refractivity contribution in [2.75, 3.05) is 18.0 Å². The first kappa shape index (κ1) is 19.9. The van der Waals surface area contributed by atoms with Gasteiger partial charge in [-0.25, -0.2) is 14.4 Å². The molecular formula is C22H25FN6O2. The van der Waals surface area contributed by atoms with Gasteiger partial charge in [0.05, 0.1) is 23.3 Å². The second kappa shape index (κ2) is 7.56. The molecule has 1 aliphatic carbocycles. The first-order chi connectivity index (χ1) is 15.0. The fraction of sp³-hybridized carbons (Fsp3) is 0.455. The van der Waals surface area contributed by atoms with E-state index in [1.807, 2.05) is 12.3 Å². The summed E-state index contributed by atoms with van der Waals surface area (Å²) in [6.45, 7) is 3.25. The van der Waals surface area contributed by atoms with Crippen LogP contribution in [0.25, 0.3) is 11.0 Å². The summed E-state index contributed by atoms with van der Waals surface area (Å²) >= 11 is 0. The van der Waals surface area contributed by atoms with Crippen molar-refractivity contribution in [3.63, 3.8) is 0 Å². The van der Waals surface area contributed by atoms with Crippen molar-refractivity contribution < 1.29 is 14.3 Å². The Balaban J connectivity index is 1.27. The number of H-pyrrole nitrogens is 1. The highest BCUT2D eigenvalue weighted by Gasteiger charge is 2.55. The molecule has 0 radical (unpaired) electrons. The molecule has 8 nitrogen and oxygen atoms in total. The maximum Gasteiger partial charge on any atom is 0.224 e. The van der Waals surface area contributed by atoms with Crippen LogP contribution in [0.1, 0.15) is 38.0 Å². The molecule has 0 bridgehead atoms. The number of amides is 1. The quantitative estimate of drug-likeness (QED) is 0.580. The number of nitrogens with one attached hydrogen (secondary N) is 2. The molecule has 3 aromatic rings. The van der Waals surface area contributed by atoms with Crippen LogP contribution >= 0.6 is 0 Å². The van der Waals surface area contributed by atoms with Crippen LogP contribution in [0.3, 0.4) is 0 Å². The van der Waals surface area contributed by atoms with E-state index in [0.717, 1.165) is 55.4 Å². The van der Waals surface area contributed by atoms with Gasteiger partial charge in [0.15, 0.2) is 0 Å². The zero-order valence-corrected chi connectivity index (χ0v) is 17.3. The van der Waals surface area contributed by atoms with Gasteiger partial charge in [0, 0.05) is 25.2 Å². The Morgan fingerprint density at radius 2 is 2.16 bits per heavy atom. The highest BCUT2D eigenvalue weighted by molar-refractivity contribution is 5.87. The molecule has 2 fully saturated rings. The van der Waals surface area contributed by atoms with E-state index >= 15 is 0 Å². The molecule has 1 spiro atoms. The largest absolute Gasteiger partial charge is 0.385 e. The first-order valence-corrected chi connectivity index (χ1v) is 10.6. The average Bonchev–Trinajstić information content (AvgIpc) is 3.34. The summed E-state index contributed by atoms with van der Waals surface area (Å²) in [6.07, 6.45) is 6.22. The number of aromatic nitrogens is 4. The van der Waals surface area contributed by atoms with Crippen LogP contribution in [-0.2, 0) is 4.79 Å². The number of rotatable bonds is 5. The van der Waals surface area contributed by atoms with Gasteiger partial charge in [0.1, 0.15) is 29.7 Å². The van der Waals surface area contributed by atoms with Crippen LogP contribution in [-0.4, -0.2) is 50.1 Å². The van der Waals surface area contributed by atoms with Crippen LogP contribution in [0.2, 0.25) is 0 Å². The molecule has 162 valence electrons. The van der Waals surface area contributed by atoms with Crippen molar-refractivity contribution in [3.8, 4) is 0 Å². The molecule has 4 heterocycles. The van der Waals surface area contributed by atoms with Gasteiger partial charge in [-0.1, -0.05) is 0 Å². The highest BCUT2D eigenvalue weighted by Crippen LogP contribution is 2.56. The lowest BCUT2D eigenvalue weighted by molar-refractivity contribution is -0.129. The van der Waals surface area contributed by atoms with Gasteiger partial charge in [-0.2, -0.15) is 0 Å². The topological polar surface area (TPSA) is 107 Å². The van der Waals surface area contributed by atoms with Crippen LogP contribution in [0.5, 0.6) is 0 Å². The molecule has 9 heteroatoms. The van der Waals surface area contributed by atoms with E-state index in [2.05, 4.69) is 30.2 Å². The van der Waals surface area contributed by atoms with Gasteiger partial charge < -0.3 is 20.3 Å². The number of aliphatic hydroxyl groups excluding tert-OH is 1. The number of piperidine rings is 1. The number of aliphatic hydroxyl groups is 1. The van der Waals surface area contributed by atoms with Crippen molar-refractivity contribution in [2.45, 2.75) is 38.3 Å². The number of carbonyl (C=O) groups is 1. The number of fused-ring (bicyclic) bond motifs is 1. The Kier molecular flexibility index (Phi) is 4.85. The zero-order chi connectivity index (χ0) is 21.6. The van der Waals surface area contributed by atoms with E-state index in [1.54, 1.807) is 13.3 Å². The van der Waals surface area contributed by atoms with E-state index in [-0.39, 0.29) is 17.2 Å². The third-order valence-electron chi connectivity index (χ3n) is 6.67. The first-order valence-electron chi connectivity index (χ1n) is 10.6. The number of pyridine rings is 1. The lowest BCUT2D eigenvalue weighted by atomic mass is 9.81. The molecule has 1 amide bonds. The lowest BCUT2D eigenvalue weighted by Crippen LogP contribution is -2.50. The summed E-state index contributed by atoms with van der Waals surface area (Å²) < 4.78 is 13.1. The molecular weight excluding hydrogens is 399 g/mol. The van der Waals surface area contributed by atoms with E-state index in [1.165, 1.54) is 12.1 Å². The van der Waals surface area contributed by atoms with E-state index in [0.29, 0.717) is 5.69 Å². The Morgan fingerprint density at radius 3 is 2.90 bits per heavy atom. The van der Waals surface area contributed by atoms with Crippen LogP contribution in [0.15, 0.2) is 36.9 Å². The highest BCUT2D eigenvalue weighted by atomic mass is 19.1. The third kappa shape index (κ3) is 3.63. The Hall–Kier alpha value is -3.07. The average molecular weight is 424 g/mol. The van der Waals surface area contributed by atoms with Crippen molar-refractivity contribution >= 4 is 22.8 Å². The summed E-state index contributed by atoms with van der Waals surface area (Å²) in [6, 6.07) is 4.15. The smallest absolute Gasteiger partial charge is 0.224 e. The Labute approximate surface area is 178 Å². The summed E-state index contributed by atoms with van der Waals surface area (Å²) in [7, 11) is 0. The van der Waals surface area contributed by atoms with Crippen LogP contribution < -0.4 is 10.2 Å². The maximum atomic E-state index is 13.1. The van der Waals surface area contributed by atoms with E-state index in [9.17, 15) is 14.3 Å². The minimum atomic E-state index is -0.998. The van der Waals surface area contributed by atoms with Gasteiger partial charge >= 0.3 is 0 Å². The van der Waals surface area contributed by atoms with Gasteiger partial charge in [0.2, 0.25) is 5.91 Å². The van der Waals surface area contributed by atoms with Gasteiger partial charge in [-0.05, 0) is 49.8 Å². The Morgan fingerprint density at radius 1 is 1.32 bits per heavy atom. The summed E-state index contributed by atoms with van der Waals surface area (Å²) in [5, 5.41) is 14.5. The van der Waals surface area contributed by atoms with Gasteiger partial charge in [0.25, 0.3) is 0 Å². The van der Waals surface area contributed by atoms with Crippen molar-refractivity contribution in [2.24, 2.45) is 11.3 Å². The fourth-order valence-corrected chi connectivity index (χ4v) is 4.75. The molecule has 3 atom stereocenters. The van der Waals surface area contributed by atoms with Crippen LogP contribution in [0, 0.1) is 17.2 Å². The molecule has 2 aliphatic rings. The number of hydrogen-bond acceptors (Lipinski definition) is 6. The maximum absolute atomic E-state index is 13.1. The molecule has 31 heavy (non-hydrogen) atoms. The monoisotopic (exact) mass is 424 g/mol. The zero-order valence-electron chi connectivity index (χ0n) is 17.3. The molecule has 3 N–H and O–H groups in total. The van der Waals surface area contributed by atoms with E-state index < -0.39 is 18.0 Å². The number of anilines is 1. The van der Waals surface area contributed by atoms with Crippen molar-refractivity contribution in [1.82, 2.24) is 25.3 Å². The number of aromatic amines is 1. The van der Waals surface area contributed by atoms with Crippen molar-refractivity contribution in [1.29, 1.82) is 0 Å². The van der Waals surface area contributed by atoms with Gasteiger partial charge in [-0.3, -0.25) is 9.78 Å². The lowest BCUT2D eigenvalue weighted by Gasteiger charge is -2.39. The standard InChI is InChI=1S/C22H25FN6O2/c1-13(18(30)17-3-2-14(23)10-25-17)28-21(31)16-5-9-29(11-22(16)6-7-22)20-15-4-8-24-19(15)26-12-27-20/h2-4,8,10,12-13,16,18,30H,5-7,9,11H2,1H3,(H,28,31)(H,24,26,27)/t13-,16?,18+/m0/s1. The van der Waals surface area contributed by atoms with Crippen LogP contribution in [0.4, 0.5) is 10.2 Å². The number of hydrogen-bond donors (Lipinski definition) is 3. The molecule has 1 unspecified atom stereocenters. The minimum absolute atomic E-state index is 0.0414. The fourth-order valence-electron chi connectivity index (χ4n) is 4.75. The number of halogens is 1. The second-order valence-corrected chi connectivity index (χ2v) is 8.71. The molecule has 1 aliphatic heterocycles. The molecule has 5 rings (SSSR count). The number of carbonyl (C=O) groups excluding carboxylic acids is 1. The SMILES string of the molecule is C[C@H](NC(=O)C1CCN(c2ncnc3[nH]ccc23)CC12CC2)[C@@H](O)c1ccc(F)cn1. The second-order valence-electron chi connectivity index (χ2n) is 8.71. The predicted molar refractivity (Wildman–Crippen MR) is 113 cm³/mol. The molecule has 0 aromatic carbocycles. The summed E-state index contributed by atoms with van der Waals surface area (Å²) in [4.78, 5) is 31.2. The summed E-state index contributed by atoms with van der Waals surface area (Å²) in [5.41, 5.74) is 1.09. The minimum Gasteiger partial charge on any atom is -0.385 e.